The third-order valence-electron chi connectivity index (χ3n) is 5.54. The molecular formula is C25H19N3O4S. The number of carbonyl (C=O) groups is 3. The zero-order valence-corrected chi connectivity index (χ0v) is 18.5. The topological polar surface area (TPSA) is 88.6 Å². The Bertz CT molecular complexity index is 1350. The fourth-order valence-electron chi connectivity index (χ4n) is 3.90. The van der Waals surface area contributed by atoms with Crippen LogP contribution in [0.2, 0.25) is 0 Å². The molecule has 1 unspecified atom stereocenters. The van der Waals surface area contributed by atoms with Crippen molar-refractivity contribution >= 4 is 44.4 Å². The van der Waals surface area contributed by atoms with Gasteiger partial charge in [0.15, 0.2) is 5.13 Å². The van der Waals surface area contributed by atoms with E-state index in [1.165, 1.54) is 11.3 Å². The molecule has 0 fully saturated rings. The van der Waals surface area contributed by atoms with E-state index in [0.29, 0.717) is 22.0 Å². The van der Waals surface area contributed by atoms with Gasteiger partial charge < -0.3 is 10.1 Å². The molecule has 1 N–H and O–H groups in total. The fraction of sp³-hybridized carbons (Fsp3) is 0.120. The van der Waals surface area contributed by atoms with Crippen LogP contribution in [0, 0.1) is 0 Å². The van der Waals surface area contributed by atoms with Crippen LogP contribution < -0.4 is 10.1 Å². The number of nitrogens with zero attached hydrogens (tertiary/aromatic N) is 2. The molecule has 0 saturated heterocycles. The van der Waals surface area contributed by atoms with Crippen molar-refractivity contribution in [1.29, 1.82) is 0 Å². The smallest absolute Gasteiger partial charge is 0.262 e. The predicted molar refractivity (Wildman–Crippen MR) is 126 cm³/mol. The number of methoxy groups -OCH3 is 1. The van der Waals surface area contributed by atoms with Gasteiger partial charge >= 0.3 is 0 Å². The zero-order chi connectivity index (χ0) is 22.9. The van der Waals surface area contributed by atoms with E-state index in [4.69, 9.17) is 4.74 Å². The number of thiazole rings is 1. The molecule has 7 nitrogen and oxygen atoms in total. The summed E-state index contributed by atoms with van der Waals surface area (Å²) in [5.41, 5.74) is 2.17. The van der Waals surface area contributed by atoms with Crippen molar-refractivity contribution < 1.29 is 19.1 Å². The van der Waals surface area contributed by atoms with Crippen LogP contribution in [-0.4, -0.2) is 40.8 Å². The molecule has 0 saturated carbocycles. The molecule has 0 spiro atoms. The molecule has 33 heavy (non-hydrogen) atoms. The molecule has 0 bridgehead atoms. The number of nitrogens with one attached hydrogen (secondary N) is 1. The van der Waals surface area contributed by atoms with Gasteiger partial charge in [0.25, 0.3) is 11.8 Å². The maximum Gasteiger partial charge on any atom is 0.262 e. The molecule has 1 aliphatic heterocycles. The van der Waals surface area contributed by atoms with Crippen LogP contribution in [0.25, 0.3) is 10.2 Å². The summed E-state index contributed by atoms with van der Waals surface area (Å²) in [5, 5.41) is 3.20. The second-order valence-electron chi connectivity index (χ2n) is 7.57. The van der Waals surface area contributed by atoms with Gasteiger partial charge in [0.05, 0.1) is 28.5 Å². The summed E-state index contributed by atoms with van der Waals surface area (Å²) < 4.78 is 6.10. The molecule has 8 heteroatoms. The van der Waals surface area contributed by atoms with Gasteiger partial charge in [-0.15, -0.1) is 0 Å². The van der Waals surface area contributed by atoms with Gasteiger partial charge in [0, 0.05) is 6.42 Å². The highest BCUT2D eigenvalue weighted by molar-refractivity contribution is 7.22. The Kier molecular flexibility index (Phi) is 5.35. The summed E-state index contributed by atoms with van der Waals surface area (Å²) in [4.78, 5) is 45.2. The summed E-state index contributed by atoms with van der Waals surface area (Å²) in [6.07, 6.45) is 0.191. The van der Waals surface area contributed by atoms with Gasteiger partial charge in [-0.2, -0.15) is 0 Å². The number of benzene rings is 3. The lowest BCUT2D eigenvalue weighted by molar-refractivity contribution is -0.119. The molecule has 0 aliphatic carbocycles. The van der Waals surface area contributed by atoms with Crippen LogP contribution in [0.5, 0.6) is 5.75 Å². The Labute approximate surface area is 193 Å². The molecule has 1 aromatic heterocycles. The van der Waals surface area contributed by atoms with Gasteiger partial charge in [-0.25, -0.2) is 4.98 Å². The summed E-state index contributed by atoms with van der Waals surface area (Å²) in [5.74, 6) is -0.724. The number of aromatic nitrogens is 1. The molecular weight excluding hydrogens is 438 g/mol. The van der Waals surface area contributed by atoms with Crippen LogP contribution in [0.3, 0.4) is 0 Å². The van der Waals surface area contributed by atoms with Crippen LogP contribution in [0.1, 0.15) is 26.3 Å². The number of hydrogen-bond acceptors (Lipinski definition) is 6. The van der Waals surface area contributed by atoms with E-state index in [0.717, 1.165) is 20.7 Å². The quantitative estimate of drug-likeness (QED) is 0.440. The largest absolute Gasteiger partial charge is 0.497 e. The minimum atomic E-state index is -1.03. The molecule has 3 aromatic carbocycles. The van der Waals surface area contributed by atoms with Gasteiger partial charge in [-0.3, -0.25) is 19.3 Å². The van der Waals surface area contributed by atoms with Gasteiger partial charge in [-0.05, 0) is 35.9 Å². The summed E-state index contributed by atoms with van der Waals surface area (Å²) in [7, 11) is 1.58. The van der Waals surface area contributed by atoms with E-state index in [1.54, 1.807) is 37.4 Å². The Hall–Kier alpha value is -4.04. The highest BCUT2D eigenvalue weighted by Crippen LogP contribution is 2.31. The lowest BCUT2D eigenvalue weighted by atomic mass is 10.0. The summed E-state index contributed by atoms with van der Waals surface area (Å²) >= 11 is 1.30. The second-order valence-corrected chi connectivity index (χ2v) is 8.60. The van der Waals surface area contributed by atoms with E-state index < -0.39 is 23.8 Å². The number of carbonyl (C=O) groups excluding carboxylic acids is 3. The van der Waals surface area contributed by atoms with Crippen LogP contribution in [0.4, 0.5) is 5.13 Å². The lowest BCUT2D eigenvalue weighted by Gasteiger charge is -2.25. The summed E-state index contributed by atoms with van der Waals surface area (Å²) in [6, 6.07) is 20.3. The van der Waals surface area contributed by atoms with E-state index in [-0.39, 0.29) is 6.42 Å². The van der Waals surface area contributed by atoms with Crippen molar-refractivity contribution in [1.82, 2.24) is 9.88 Å². The average Bonchev–Trinajstić information content (AvgIpc) is 3.35. The van der Waals surface area contributed by atoms with Crippen LogP contribution in [-0.2, 0) is 11.2 Å². The Morgan fingerprint density at radius 1 is 1.00 bits per heavy atom. The third-order valence-corrected chi connectivity index (χ3v) is 6.47. The van der Waals surface area contributed by atoms with Crippen LogP contribution in [0.15, 0.2) is 72.8 Å². The first-order valence-electron chi connectivity index (χ1n) is 10.3. The van der Waals surface area contributed by atoms with Crippen LogP contribution >= 0.6 is 11.3 Å². The zero-order valence-electron chi connectivity index (χ0n) is 17.6. The lowest BCUT2D eigenvalue weighted by Crippen LogP contribution is -2.48. The van der Waals surface area contributed by atoms with Crippen molar-refractivity contribution in [3.63, 3.8) is 0 Å². The normalized spacial score (nSPS) is 13.8. The monoisotopic (exact) mass is 457 g/mol. The van der Waals surface area contributed by atoms with E-state index in [2.05, 4.69) is 10.3 Å². The maximum atomic E-state index is 13.4. The highest BCUT2D eigenvalue weighted by Gasteiger charge is 2.42. The average molecular weight is 458 g/mol. The first-order valence-corrected chi connectivity index (χ1v) is 11.1. The number of anilines is 1. The first kappa shape index (κ1) is 20.8. The number of ether oxygens (including phenoxy) is 1. The van der Waals surface area contributed by atoms with Crippen molar-refractivity contribution in [2.75, 3.05) is 12.4 Å². The number of imide groups is 1. The number of rotatable bonds is 6. The van der Waals surface area contributed by atoms with Gasteiger partial charge in [0.1, 0.15) is 11.8 Å². The molecule has 0 radical (unpaired) electrons. The maximum absolute atomic E-state index is 13.4. The fourth-order valence-corrected chi connectivity index (χ4v) is 4.80. The first-order chi connectivity index (χ1) is 16.0. The SMILES string of the molecule is COc1ccc2nc(NC(=O)C(Cc3ccccc3)N3C(=O)c4ccccc4C3=O)sc2c1. The number of hydrogen-bond donors (Lipinski definition) is 1. The van der Waals surface area contributed by atoms with Gasteiger partial charge in [0.2, 0.25) is 5.91 Å². The van der Waals surface area contributed by atoms with Crippen molar-refractivity contribution in [2.45, 2.75) is 12.5 Å². The minimum absolute atomic E-state index is 0.191. The molecule has 1 aliphatic rings. The minimum Gasteiger partial charge on any atom is -0.497 e. The summed E-state index contributed by atoms with van der Waals surface area (Å²) in [6.45, 7) is 0. The molecule has 4 aromatic rings. The van der Waals surface area contributed by atoms with Gasteiger partial charge in [-0.1, -0.05) is 53.8 Å². The third kappa shape index (κ3) is 3.85. The molecule has 2 heterocycles. The molecule has 164 valence electrons. The molecule has 5 rings (SSSR count). The Morgan fingerprint density at radius 2 is 1.67 bits per heavy atom. The van der Waals surface area contributed by atoms with Crippen molar-refractivity contribution in [3.05, 3.63) is 89.5 Å². The standard InChI is InChI=1S/C25H19N3O4S/c1-32-16-11-12-19-21(14-16)33-25(26-19)27-22(29)20(13-15-7-3-2-4-8-15)28-23(30)17-9-5-6-10-18(17)24(28)31/h2-12,14,20H,13H2,1H3,(H,26,27,29). The highest BCUT2D eigenvalue weighted by atomic mass is 32.1. The van der Waals surface area contributed by atoms with E-state index in [1.807, 2.05) is 42.5 Å². The predicted octanol–water partition coefficient (Wildman–Crippen LogP) is 4.15. The Balaban J connectivity index is 1.47. The molecule has 1 atom stereocenters. The molecule has 3 amide bonds. The number of fused-ring (bicyclic) bond motifs is 2. The Morgan fingerprint density at radius 3 is 2.33 bits per heavy atom. The van der Waals surface area contributed by atoms with Crippen molar-refractivity contribution in [3.8, 4) is 5.75 Å². The van der Waals surface area contributed by atoms with E-state index >= 15 is 0 Å². The number of amides is 3. The second kappa shape index (κ2) is 8.48. The van der Waals surface area contributed by atoms with Crippen molar-refractivity contribution in [2.24, 2.45) is 0 Å². The van der Waals surface area contributed by atoms with E-state index in [9.17, 15) is 14.4 Å².